The molecule has 0 fully saturated rings. The van der Waals surface area contributed by atoms with Gasteiger partial charge in [-0.25, -0.2) is 12.8 Å². The van der Waals surface area contributed by atoms with Crippen LogP contribution in [0.15, 0.2) is 59.5 Å². The molecular weight excluding hydrogens is 293 g/mol. The molecule has 0 unspecified atom stereocenters. The molecule has 2 aromatic carbocycles. The van der Waals surface area contributed by atoms with Crippen LogP contribution in [0, 0.1) is 5.82 Å². The minimum absolute atomic E-state index is 0.0106. The molecule has 0 bridgehead atoms. The third-order valence-electron chi connectivity index (χ3n) is 2.83. The predicted molar refractivity (Wildman–Crippen MR) is 78.1 cm³/mol. The van der Waals surface area contributed by atoms with Gasteiger partial charge in [0.2, 0.25) is 5.91 Å². The lowest BCUT2D eigenvalue weighted by molar-refractivity contribution is -0.115. The second-order valence-electron chi connectivity index (χ2n) is 4.44. The van der Waals surface area contributed by atoms with Crippen molar-refractivity contribution in [3.63, 3.8) is 0 Å². The lowest BCUT2D eigenvalue weighted by atomic mass is 10.3. The van der Waals surface area contributed by atoms with E-state index in [1.54, 1.807) is 24.3 Å². The first-order valence-electron chi connectivity index (χ1n) is 6.30. The zero-order chi connectivity index (χ0) is 15.3. The van der Waals surface area contributed by atoms with Crippen LogP contribution in [-0.2, 0) is 14.6 Å². The third kappa shape index (κ3) is 4.39. The average molecular weight is 307 g/mol. The van der Waals surface area contributed by atoms with Gasteiger partial charge in [0.25, 0.3) is 0 Å². The first-order chi connectivity index (χ1) is 9.97. The monoisotopic (exact) mass is 307 g/mol. The molecule has 0 saturated heterocycles. The van der Waals surface area contributed by atoms with E-state index in [1.807, 2.05) is 6.07 Å². The molecule has 21 heavy (non-hydrogen) atoms. The molecule has 6 heteroatoms. The van der Waals surface area contributed by atoms with Crippen molar-refractivity contribution in [2.45, 2.75) is 11.3 Å². The van der Waals surface area contributed by atoms with E-state index >= 15 is 0 Å². The zero-order valence-electron chi connectivity index (χ0n) is 11.1. The number of nitrogens with one attached hydrogen (secondary N) is 1. The van der Waals surface area contributed by atoms with Crippen molar-refractivity contribution >= 4 is 21.4 Å². The van der Waals surface area contributed by atoms with E-state index in [4.69, 9.17) is 0 Å². The maximum absolute atomic E-state index is 12.8. The van der Waals surface area contributed by atoms with Crippen LogP contribution in [0.2, 0.25) is 0 Å². The molecule has 2 aromatic rings. The van der Waals surface area contributed by atoms with Gasteiger partial charge in [-0.15, -0.1) is 0 Å². The normalized spacial score (nSPS) is 11.1. The maximum Gasteiger partial charge on any atom is 0.225 e. The van der Waals surface area contributed by atoms with Crippen molar-refractivity contribution in [3.8, 4) is 0 Å². The van der Waals surface area contributed by atoms with Crippen LogP contribution in [0.25, 0.3) is 0 Å². The highest BCUT2D eigenvalue weighted by Gasteiger charge is 2.16. The number of hydrogen-bond acceptors (Lipinski definition) is 3. The first-order valence-corrected chi connectivity index (χ1v) is 7.96. The Morgan fingerprint density at radius 3 is 2.24 bits per heavy atom. The summed E-state index contributed by atoms with van der Waals surface area (Å²) in [5.41, 5.74) is 0.613. The largest absolute Gasteiger partial charge is 0.326 e. The summed E-state index contributed by atoms with van der Waals surface area (Å²) in [7, 11) is -3.59. The topological polar surface area (TPSA) is 63.2 Å². The van der Waals surface area contributed by atoms with E-state index in [9.17, 15) is 17.6 Å². The number of sulfone groups is 1. The standard InChI is InChI=1S/C15H14FNO3S/c16-12-6-8-14(9-7-12)21(19,20)11-10-15(18)17-13-4-2-1-3-5-13/h1-9H,10-11H2,(H,17,18). The Labute approximate surface area is 122 Å². The second-order valence-corrected chi connectivity index (χ2v) is 6.55. The highest BCUT2D eigenvalue weighted by molar-refractivity contribution is 7.91. The Bertz CT molecular complexity index is 712. The summed E-state index contributed by atoms with van der Waals surface area (Å²) in [4.78, 5) is 11.7. The Morgan fingerprint density at radius 1 is 1.00 bits per heavy atom. The summed E-state index contributed by atoms with van der Waals surface area (Å²) in [5.74, 6) is -1.21. The van der Waals surface area contributed by atoms with E-state index < -0.39 is 15.7 Å². The molecule has 0 atom stereocenters. The van der Waals surface area contributed by atoms with Gasteiger partial charge in [-0.05, 0) is 36.4 Å². The van der Waals surface area contributed by atoms with Crippen molar-refractivity contribution in [1.82, 2.24) is 0 Å². The molecule has 0 aliphatic carbocycles. The number of benzene rings is 2. The smallest absolute Gasteiger partial charge is 0.225 e. The summed E-state index contributed by atoms with van der Waals surface area (Å²) in [6.45, 7) is 0. The van der Waals surface area contributed by atoms with Crippen LogP contribution in [0.3, 0.4) is 0 Å². The van der Waals surface area contributed by atoms with Crippen molar-refractivity contribution < 1.29 is 17.6 Å². The number of carbonyl (C=O) groups is 1. The molecule has 0 radical (unpaired) electrons. The average Bonchev–Trinajstić information content (AvgIpc) is 2.47. The summed E-state index contributed by atoms with van der Waals surface area (Å²) >= 11 is 0. The van der Waals surface area contributed by atoms with Crippen LogP contribution in [-0.4, -0.2) is 20.1 Å². The minimum Gasteiger partial charge on any atom is -0.326 e. The van der Waals surface area contributed by atoms with Crippen LogP contribution >= 0.6 is 0 Å². The fraction of sp³-hybridized carbons (Fsp3) is 0.133. The molecule has 0 heterocycles. The van der Waals surface area contributed by atoms with Crippen LogP contribution in [0.4, 0.5) is 10.1 Å². The van der Waals surface area contributed by atoms with Crippen LogP contribution < -0.4 is 5.32 Å². The summed E-state index contributed by atoms with van der Waals surface area (Å²) in [5, 5.41) is 2.61. The maximum atomic E-state index is 12.8. The molecule has 0 aromatic heterocycles. The van der Waals surface area contributed by atoms with Gasteiger partial charge in [-0.3, -0.25) is 4.79 Å². The highest BCUT2D eigenvalue weighted by Crippen LogP contribution is 2.13. The number of para-hydroxylation sites is 1. The van der Waals surface area contributed by atoms with Crippen molar-refractivity contribution in [3.05, 3.63) is 60.4 Å². The number of carbonyl (C=O) groups excluding carboxylic acids is 1. The van der Waals surface area contributed by atoms with E-state index in [1.165, 1.54) is 12.1 Å². The van der Waals surface area contributed by atoms with Crippen molar-refractivity contribution in [2.24, 2.45) is 0 Å². The van der Waals surface area contributed by atoms with E-state index in [0.717, 1.165) is 12.1 Å². The Morgan fingerprint density at radius 2 is 1.62 bits per heavy atom. The molecule has 4 nitrogen and oxygen atoms in total. The first kappa shape index (κ1) is 15.2. The second kappa shape index (κ2) is 6.49. The molecular formula is C15H14FNO3S. The van der Waals surface area contributed by atoms with Crippen molar-refractivity contribution in [2.75, 3.05) is 11.1 Å². The molecule has 1 amide bonds. The molecule has 0 saturated carbocycles. The van der Waals surface area contributed by atoms with Gasteiger partial charge in [0.05, 0.1) is 10.6 Å². The third-order valence-corrected chi connectivity index (χ3v) is 4.56. The highest BCUT2D eigenvalue weighted by atomic mass is 32.2. The molecule has 0 spiro atoms. The zero-order valence-corrected chi connectivity index (χ0v) is 11.9. The Kier molecular flexibility index (Phi) is 4.70. The number of anilines is 1. The molecule has 0 aliphatic heterocycles. The fourth-order valence-electron chi connectivity index (χ4n) is 1.73. The van der Waals surface area contributed by atoms with E-state index in [0.29, 0.717) is 5.69 Å². The number of rotatable bonds is 5. The molecule has 0 aliphatic rings. The Hall–Kier alpha value is -2.21. The summed E-state index contributed by atoms with van der Waals surface area (Å²) in [6, 6.07) is 13.3. The number of hydrogen-bond donors (Lipinski definition) is 1. The Balaban J connectivity index is 1.95. The predicted octanol–water partition coefficient (Wildman–Crippen LogP) is 2.63. The quantitative estimate of drug-likeness (QED) is 0.864. The van der Waals surface area contributed by atoms with Crippen LogP contribution in [0.1, 0.15) is 6.42 Å². The van der Waals surface area contributed by atoms with E-state index in [2.05, 4.69) is 5.32 Å². The fourth-order valence-corrected chi connectivity index (χ4v) is 2.97. The minimum atomic E-state index is -3.59. The lowest BCUT2D eigenvalue weighted by Gasteiger charge is -2.06. The number of halogens is 1. The molecule has 1 N–H and O–H groups in total. The van der Waals surface area contributed by atoms with Crippen LogP contribution in [0.5, 0.6) is 0 Å². The molecule has 2 rings (SSSR count). The van der Waals surface area contributed by atoms with E-state index in [-0.39, 0.29) is 23.0 Å². The van der Waals surface area contributed by atoms with Gasteiger partial charge in [0.1, 0.15) is 5.82 Å². The lowest BCUT2D eigenvalue weighted by Crippen LogP contribution is -2.17. The number of amides is 1. The summed E-state index contributed by atoms with van der Waals surface area (Å²) in [6.07, 6.45) is -0.158. The van der Waals surface area contributed by atoms with Gasteiger partial charge in [-0.2, -0.15) is 0 Å². The van der Waals surface area contributed by atoms with Gasteiger partial charge in [0, 0.05) is 12.1 Å². The van der Waals surface area contributed by atoms with Gasteiger partial charge >= 0.3 is 0 Å². The van der Waals surface area contributed by atoms with Gasteiger partial charge < -0.3 is 5.32 Å². The van der Waals surface area contributed by atoms with Gasteiger partial charge in [0.15, 0.2) is 9.84 Å². The summed E-state index contributed by atoms with van der Waals surface area (Å²) < 4.78 is 36.8. The SMILES string of the molecule is O=C(CCS(=O)(=O)c1ccc(F)cc1)Nc1ccccc1. The van der Waals surface area contributed by atoms with Gasteiger partial charge in [-0.1, -0.05) is 18.2 Å². The van der Waals surface area contributed by atoms with Crippen molar-refractivity contribution in [1.29, 1.82) is 0 Å². The molecule has 110 valence electrons.